The van der Waals surface area contributed by atoms with Crippen molar-refractivity contribution < 1.29 is 22.7 Å². The smallest absolute Gasteiger partial charge is 0.315 e. The lowest BCUT2D eigenvalue weighted by atomic mass is 10.3. The van der Waals surface area contributed by atoms with E-state index >= 15 is 0 Å². The molecule has 0 spiro atoms. The molecule has 1 aromatic heterocycles. The van der Waals surface area contributed by atoms with Crippen molar-refractivity contribution in [2.45, 2.75) is 11.8 Å². The molecule has 1 saturated heterocycles. The van der Waals surface area contributed by atoms with E-state index in [2.05, 4.69) is 15.6 Å². The van der Waals surface area contributed by atoms with Gasteiger partial charge in [-0.15, -0.1) is 0 Å². The molecule has 0 radical (unpaired) electrons. The average molecular weight is 439 g/mol. The van der Waals surface area contributed by atoms with Crippen molar-refractivity contribution >= 4 is 44.9 Å². The molecule has 2 amide bonds. The second-order valence-electron chi connectivity index (χ2n) is 6.29. The zero-order chi connectivity index (χ0) is 21.0. The molecule has 1 aliphatic rings. The van der Waals surface area contributed by atoms with Gasteiger partial charge in [0.25, 0.3) is 0 Å². The second-order valence-corrected chi connectivity index (χ2v) is 8.63. The topological polar surface area (TPSA) is 118 Å². The van der Waals surface area contributed by atoms with E-state index in [1.165, 1.54) is 22.5 Å². The van der Waals surface area contributed by atoms with Gasteiger partial charge < -0.3 is 15.4 Å². The molecule has 0 bridgehead atoms. The SMILES string of the molecule is Cc1ccc(NC(=O)C(=O)Nc2cc(S(=O)(=O)N3CCOCC3)ccc2Cl)nc1. The Kier molecular flexibility index (Phi) is 6.48. The molecule has 1 fully saturated rings. The maximum atomic E-state index is 12.8. The highest BCUT2D eigenvalue weighted by Crippen LogP contribution is 2.27. The number of carbonyl (C=O) groups is 2. The zero-order valence-electron chi connectivity index (χ0n) is 15.5. The molecule has 1 aromatic carbocycles. The highest BCUT2D eigenvalue weighted by molar-refractivity contribution is 7.89. The third-order valence-electron chi connectivity index (χ3n) is 4.15. The van der Waals surface area contributed by atoms with Crippen molar-refractivity contribution in [3.05, 3.63) is 47.1 Å². The predicted molar refractivity (Wildman–Crippen MR) is 107 cm³/mol. The Hall–Kier alpha value is -2.53. The number of carbonyl (C=O) groups excluding carboxylic acids is 2. The van der Waals surface area contributed by atoms with Crippen LogP contribution in [0, 0.1) is 6.92 Å². The van der Waals surface area contributed by atoms with Gasteiger partial charge in [-0.05, 0) is 36.8 Å². The summed E-state index contributed by atoms with van der Waals surface area (Å²) in [5.41, 5.74) is 0.913. The maximum absolute atomic E-state index is 12.8. The van der Waals surface area contributed by atoms with Crippen LogP contribution in [0.4, 0.5) is 11.5 Å². The molecule has 2 aromatic rings. The maximum Gasteiger partial charge on any atom is 0.315 e. The Bertz CT molecular complexity index is 1020. The zero-order valence-corrected chi connectivity index (χ0v) is 17.1. The molecule has 0 aliphatic carbocycles. The molecule has 154 valence electrons. The molecule has 2 N–H and O–H groups in total. The molecule has 29 heavy (non-hydrogen) atoms. The fourth-order valence-electron chi connectivity index (χ4n) is 2.59. The number of aromatic nitrogens is 1. The summed E-state index contributed by atoms with van der Waals surface area (Å²) in [6, 6.07) is 7.21. The Morgan fingerprint density at radius 1 is 1.10 bits per heavy atom. The number of halogens is 1. The van der Waals surface area contributed by atoms with Crippen LogP contribution in [-0.2, 0) is 24.3 Å². The first-order valence-electron chi connectivity index (χ1n) is 8.70. The highest BCUT2D eigenvalue weighted by Gasteiger charge is 2.27. The summed E-state index contributed by atoms with van der Waals surface area (Å²) in [6.07, 6.45) is 1.55. The summed E-state index contributed by atoms with van der Waals surface area (Å²) < 4.78 is 32.0. The van der Waals surface area contributed by atoms with E-state index < -0.39 is 21.8 Å². The van der Waals surface area contributed by atoms with Gasteiger partial charge in [0.15, 0.2) is 0 Å². The molecule has 9 nitrogen and oxygen atoms in total. The van der Waals surface area contributed by atoms with Gasteiger partial charge in [0.1, 0.15) is 5.82 Å². The number of hydrogen-bond donors (Lipinski definition) is 2. The van der Waals surface area contributed by atoms with Gasteiger partial charge in [-0.1, -0.05) is 17.7 Å². The lowest BCUT2D eigenvalue weighted by molar-refractivity contribution is -0.133. The van der Waals surface area contributed by atoms with Crippen molar-refractivity contribution in [2.75, 3.05) is 36.9 Å². The van der Waals surface area contributed by atoms with Crippen LogP contribution in [0.3, 0.4) is 0 Å². The van der Waals surface area contributed by atoms with Crippen LogP contribution >= 0.6 is 11.6 Å². The number of nitrogens with zero attached hydrogens (tertiary/aromatic N) is 2. The van der Waals surface area contributed by atoms with E-state index in [4.69, 9.17) is 16.3 Å². The monoisotopic (exact) mass is 438 g/mol. The summed E-state index contributed by atoms with van der Waals surface area (Å²) in [4.78, 5) is 28.3. The van der Waals surface area contributed by atoms with E-state index in [-0.39, 0.29) is 34.5 Å². The summed E-state index contributed by atoms with van der Waals surface area (Å²) >= 11 is 6.07. The standard InChI is InChI=1S/C18H19ClN4O5S/c1-12-2-5-16(20-11-12)22-18(25)17(24)21-15-10-13(3-4-14(15)19)29(26,27)23-6-8-28-9-7-23/h2-5,10-11H,6-9H2,1H3,(H,21,24)(H,20,22,25). The molecule has 2 heterocycles. The lowest BCUT2D eigenvalue weighted by Crippen LogP contribution is -2.40. The van der Waals surface area contributed by atoms with Gasteiger partial charge in [0, 0.05) is 19.3 Å². The first kappa shape index (κ1) is 21.2. The quantitative estimate of drug-likeness (QED) is 0.701. The second kappa shape index (κ2) is 8.87. The Labute approximate surface area is 173 Å². The van der Waals surface area contributed by atoms with Crippen LogP contribution in [0.15, 0.2) is 41.4 Å². The summed E-state index contributed by atoms with van der Waals surface area (Å²) in [5, 5.41) is 4.80. The number of pyridine rings is 1. The first-order chi connectivity index (χ1) is 13.8. The minimum atomic E-state index is -3.78. The summed E-state index contributed by atoms with van der Waals surface area (Å²) in [5.74, 6) is -1.75. The Balaban J connectivity index is 1.74. The number of aryl methyl sites for hydroxylation is 1. The van der Waals surface area contributed by atoms with Gasteiger partial charge in [0.2, 0.25) is 10.0 Å². The predicted octanol–water partition coefficient (Wildman–Crippen LogP) is 1.64. The van der Waals surface area contributed by atoms with E-state index in [9.17, 15) is 18.0 Å². The number of sulfonamides is 1. The third-order valence-corrected chi connectivity index (χ3v) is 6.38. The molecule has 0 atom stereocenters. The number of rotatable bonds is 4. The van der Waals surface area contributed by atoms with Crippen molar-refractivity contribution in [1.82, 2.24) is 9.29 Å². The van der Waals surface area contributed by atoms with Crippen molar-refractivity contribution in [1.29, 1.82) is 0 Å². The summed E-state index contributed by atoms with van der Waals surface area (Å²) in [7, 11) is -3.78. The third kappa shape index (κ3) is 5.10. The fourth-order valence-corrected chi connectivity index (χ4v) is 4.19. The molecule has 0 unspecified atom stereocenters. The summed E-state index contributed by atoms with van der Waals surface area (Å²) in [6.45, 7) is 2.93. The lowest BCUT2D eigenvalue weighted by Gasteiger charge is -2.26. The van der Waals surface area contributed by atoms with Crippen LogP contribution in [0.1, 0.15) is 5.56 Å². The number of ether oxygens (including phenoxy) is 1. The van der Waals surface area contributed by atoms with Crippen LogP contribution in [0.5, 0.6) is 0 Å². The molecule has 11 heteroatoms. The number of hydrogen-bond acceptors (Lipinski definition) is 6. The van der Waals surface area contributed by atoms with Gasteiger partial charge in [-0.25, -0.2) is 13.4 Å². The van der Waals surface area contributed by atoms with E-state index in [0.29, 0.717) is 13.2 Å². The number of nitrogens with one attached hydrogen (secondary N) is 2. The van der Waals surface area contributed by atoms with Crippen molar-refractivity contribution in [3.8, 4) is 0 Å². The highest BCUT2D eigenvalue weighted by atomic mass is 35.5. The fraction of sp³-hybridized carbons (Fsp3) is 0.278. The number of anilines is 2. The molecular weight excluding hydrogens is 420 g/mol. The van der Waals surface area contributed by atoms with E-state index in [1.807, 2.05) is 6.92 Å². The Morgan fingerprint density at radius 3 is 2.45 bits per heavy atom. The average Bonchev–Trinajstić information content (AvgIpc) is 2.71. The van der Waals surface area contributed by atoms with Crippen molar-refractivity contribution in [2.24, 2.45) is 0 Å². The van der Waals surface area contributed by atoms with Gasteiger partial charge >= 0.3 is 11.8 Å². The first-order valence-corrected chi connectivity index (χ1v) is 10.5. The van der Waals surface area contributed by atoms with Crippen molar-refractivity contribution in [3.63, 3.8) is 0 Å². The van der Waals surface area contributed by atoms with Crippen LogP contribution in [0.25, 0.3) is 0 Å². The molecule has 0 saturated carbocycles. The number of amides is 2. The molecule has 3 rings (SSSR count). The normalized spacial score (nSPS) is 15.0. The van der Waals surface area contributed by atoms with Gasteiger partial charge in [-0.3, -0.25) is 9.59 Å². The Morgan fingerprint density at radius 2 is 1.79 bits per heavy atom. The largest absolute Gasteiger partial charge is 0.379 e. The van der Waals surface area contributed by atoms with E-state index in [0.717, 1.165) is 5.56 Å². The van der Waals surface area contributed by atoms with Gasteiger partial charge in [-0.2, -0.15) is 4.31 Å². The minimum Gasteiger partial charge on any atom is -0.379 e. The minimum absolute atomic E-state index is 0.0121. The van der Waals surface area contributed by atoms with Gasteiger partial charge in [0.05, 0.1) is 28.8 Å². The van der Waals surface area contributed by atoms with Crippen LogP contribution < -0.4 is 10.6 Å². The number of morpholine rings is 1. The molecular formula is C18H19ClN4O5S. The van der Waals surface area contributed by atoms with Crippen LogP contribution in [-0.4, -0.2) is 55.8 Å². The van der Waals surface area contributed by atoms with E-state index in [1.54, 1.807) is 18.3 Å². The molecule has 1 aliphatic heterocycles. The van der Waals surface area contributed by atoms with Crippen LogP contribution in [0.2, 0.25) is 5.02 Å². The number of benzene rings is 1.